The van der Waals surface area contributed by atoms with E-state index in [2.05, 4.69) is 26.3 Å². The summed E-state index contributed by atoms with van der Waals surface area (Å²) in [5.74, 6) is 0.964. The molecule has 0 aliphatic heterocycles. The van der Waals surface area contributed by atoms with E-state index >= 15 is 0 Å². The molecule has 0 atom stereocenters. The molecule has 9 heteroatoms. The van der Waals surface area contributed by atoms with Crippen molar-refractivity contribution in [1.29, 1.82) is 0 Å². The Bertz CT molecular complexity index is 778. The van der Waals surface area contributed by atoms with E-state index in [9.17, 15) is 9.59 Å². The first-order chi connectivity index (χ1) is 13.1. The number of furan rings is 1. The topological polar surface area (TPSA) is 108 Å². The number of halogens is 1. The first-order valence-electron chi connectivity index (χ1n) is 8.67. The fourth-order valence-corrected chi connectivity index (χ4v) is 2.38. The van der Waals surface area contributed by atoms with Crippen LogP contribution in [0.25, 0.3) is 0 Å². The van der Waals surface area contributed by atoms with Crippen LogP contribution in [0.1, 0.15) is 21.7 Å². The van der Waals surface area contributed by atoms with E-state index in [1.165, 1.54) is 0 Å². The largest absolute Gasteiger partial charge is 0.467 e. The predicted molar refractivity (Wildman–Crippen MR) is 119 cm³/mol. The molecule has 1 aromatic heterocycles. The summed E-state index contributed by atoms with van der Waals surface area (Å²) in [7, 11) is 3.25. The number of carbonyl (C=O) groups is 2. The number of amides is 2. The Hall–Kier alpha value is -2.56. The molecule has 0 saturated heterocycles. The molecular weight excluding hydrogens is 473 g/mol. The molecule has 4 N–H and O–H groups in total. The Kier molecular flexibility index (Phi) is 10.7. The molecule has 0 unspecified atom stereocenters. The average molecular weight is 499 g/mol. The van der Waals surface area contributed by atoms with Crippen LogP contribution in [0.5, 0.6) is 0 Å². The van der Waals surface area contributed by atoms with E-state index in [1.54, 1.807) is 38.6 Å². The second kappa shape index (κ2) is 12.8. The zero-order valence-electron chi connectivity index (χ0n) is 16.0. The van der Waals surface area contributed by atoms with Crippen LogP contribution in [-0.2, 0) is 17.8 Å². The average Bonchev–Trinajstić information content (AvgIpc) is 3.22. The highest BCUT2D eigenvalue weighted by atomic mass is 127. The monoisotopic (exact) mass is 499 g/mol. The van der Waals surface area contributed by atoms with Gasteiger partial charge in [-0.25, -0.2) is 0 Å². The van der Waals surface area contributed by atoms with Gasteiger partial charge in [-0.2, -0.15) is 0 Å². The van der Waals surface area contributed by atoms with Crippen molar-refractivity contribution in [1.82, 2.24) is 21.3 Å². The van der Waals surface area contributed by atoms with Crippen molar-refractivity contribution >= 4 is 41.8 Å². The number of aliphatic imine (C=N–C) groups is 1. The van der Waals surface area contributed by atoms with Crippen molar-refractivity contribution < 1.29 is 14.0 Å². The molecule has 0 aliphatic rings. The Balaban J connectivity index is 0.00000392. The molecule has 8 nitrogen and oxygen atoms in total. The lowest BCUT2D eigenvalue weighted by Gasteiger charge is -2.12. The van der Waals surface area contributed by atoms with Crippen molar-refractivity contribution in [2.45, 2.75) is 13.0 Å². The van der Waals surface area contributed by atoms with E-state index in [0.29, 0.717) is 30.4 Å². The van der Waals surface area contributed by atoms with E-state index in [1.807, 2.05) is 18.2 Å². The highest BCUT2D eigenvalue weighted by Gasteiger charge is 2.06. The molecule has 0 aliphatic carbocycles. The van der Waals surface area contributed by atoms with Crippen LogP contribution in [0, 0.1) is 0 Å². The molecule has 152 valence electrons. The van der Waals surface area contributed by atoms with Gasteiger partial charge in [0, 0.05) is 26.2 Å². The molecule has 2 rings (SSSR count). The lowest BCUT2D eigenvalue weighted by Crippen LogP contribution is -2.43. The normalized spacial score (nSPS) is 10.6. The van der Waals surface area contributed by atoms with Crippen LogP contribution in [0.15, 0.2) is 52.1 Å². The molecule has 0 radical (unpaired) electrons. The van der Waals surface area contributed by atoms with Gasteiger partial charge >= 0.3 is 0 Å². The van der Waals surface area contributed by atoms with Gasteiger partial charge in [-0.15, -0.1) is 24.0 Å². The van der Waals surface area contributed by atoms with Gasteiger partial charge in [0.15, 0.2) is 5.96 Å². The first kappa shape index (κ1) is 23.5. The highest BCUT2D eigenvalue weighted by molar-refractivity contribution is 14.0. The lowest BCUT2D eigenvalue weighted by atomic mass is 10.1. The molecule has 1 aromatic carbocycles. The van der Waals surface area contributed by atoms with Gasteiger partial charge in [0.2, 0.25) is 5.91 Å². The van der Waals surface area contributed by atoms with Gasteiger partial charge in [-0.1, -0.05) is 12.1 Å². The van der Waals surface area contributed by atoms with Crippen molar-refractivity contribution in [3.8, 4) is 0 Å². The lowest BCUT2D eigenvalue weighted by molar-refractivity contribution is -0.120. The fraction of sp³-hybridized carbons (Fsp3) is 0.316. The van der Waals surface area contributed by atoms with Crippen molar-refractivity contribution in [2.24, 2.45) is 4.99 Å². The maximum absolute atomic E-state index is 11.8. The summed E-state index contributed by atoms with van der Waals surface area (Å²) >= 11 is 0. The van der Waals surface area contributed by atoms with Crippen molar-refractivity contribution in [3.05, 3.63) is 59.5 Å². The molecule has 2 aromatic rings. The van der Waals surface area contributed by atoms with Crippen molar-refractivity contribution in [3.63, 3.8) is 0 Å². The molecule has 0 saturated carbocycles. The number of hydrogen-bond acceptors (Lipinski definition) is 4. The number of carbonyl (C=O) groups excluding carboxylic acids is 2. The second-order valence-electron chi connectivity index (χ2n) is 5.74. The fourth-order valence-electron chi connectivity index (χ4n) is 2.38. The molecule has 0 fully saturated rings. The van der Waals surface area contributed by atoms with Crippen LogP contribution in [0.4, 0.5) is 0 Å². The minimum Gasteiger partial charge on any atom is -0.467 e. The molecule has 0 bridgehead atoms. The van der Waals surface area contributed by atoms with Crippen LogP contribution in [0.2, 0.25) is 0 Å². The van der Waals surface area contributed by atoms with Crippen LogP contribution < -0.4 is 21.3 Å². The number of hydrogen-bond donors (Lipinski definition) is 4. The summed E-state index contributed by atoms with van der Waals surface area (Å²) in [6, 6.07) is 11.0. The summed E-state index contributed by atoms with van der Waals surface area (Å²) in [5, 5.41) is 11.5. The summed E-state index contributed by atoms with van der Waals surface area (Å²) in [5.41, 5.74) is 1.67. The third-order valence-corrected chi connectivity index (χ3v) is 3.80. The van der Waals surface area contributed by atoms with Crippen LogP contribution in [-0.4, -0.2) is 45.0 Å². The summed E-state index contributed by atoms with van der Waals surface area (Å²) in [4.78, 5) is 27.6. The number of nitrogens with one attached hydrogen (secondary N) is 4. The standard InChI is InChI=1S/C19H25N5O3.HI/c1-20-18(26)15-6-3-5-14(11-15)8-9-22-19(21-2)24-13-17(25)23-12-16-7-4-10-27-16;/h3-7,10-11H,8-9,12-13H2,1-2H3,(H,20,26)(H,23,25)(H2,21,22,24);1H. The molecule has 28 heavy (non-hydrogen) atoms. The smallest absolute Gasteiger partial charge is 0.251 e. The zero-order valence-corrected chi connectivity index (χ0v) is 18.3. The summed E-state index contributed by atoms with van der Waals surface area (Å²) in [6.45, 7) is 1.07. The zero-order chi connectivity index (χ0) is 19.5. The summed E-state index contributed by atoms with van der Waals surface area (Å²) < 4.78 is 5.16. The van der Waals surface area contributed by atoms with Gasteiger partial charge in [0.05, 0.1) is 19.4 Å². The van der Waals surface area contributed by atoms with Gasteiger partial charge < -0.3 is 25.7 Å². The van der Waals surface area contributed by atoms with E-state index in [-0.39, 0.29) is 42.3 Å². The molecule has 2 amide bonds. The van der Waals surface area contributed by atoms with Crippen LogP contribution >= 0.6 is 24.0 Å². The number of benzene rings is 1. The van der Waals surface area contributed by atoms with Gasteiger partial charge in [0.25, 0.3) is 5.91 Å². The first-order valence-corrected chi connectivity index (χ1v) is 8.67. The Morgan fingerprint density at radius 2 is 1.93 bits per heavy atom. The van der Waals surface area contributed by atoms with Gasteiger partial charge in [-0.05, 0) is 36.2 Å². The van der Waals surface area contributed by atoms with E-state index in [0.717, 1.165) is 12.0 Å². The third kappa shape index (κ3) is 7.99. The van der Waals surface area contributed by atoms with Crippen molar-refractivity contribution in [2.75, 3.05) is 27.2 Å². The van der Waals surface area contributed by atoms with Gasteiger partial charge in [0.1, 0.15) is 5.76 Å². The number of rotatable bonds is 8. The second-order valence-corrected chi connectivity index (χ2v) is 5.74. The van der Waals surface area contributed by atoms with E-state index in [4.69, 9.17) is 4.42 Å². The summed E-state index contributed by atoms with van der Waals surface area (Å²) in [6.07, 6.45) is 2.28. The van der Waals surface area contributed by atoms with E-state index < -0.39 is 0 Å². The number of guanidine groups is 1. The predicted octanol–water partition coefficient (Wildman–Crippen LogP) is 1.28. The number of nitrogens with zero attached hydrogens (tertiary/aromatic N) is 1. The third-order valence-electron chi connectivity index (χ3n) is 3.80. The molecular formula is C19H26IN5O3. The quantitative estimate of drug-likeness (QED) is 0.249. The minimum atomic E-state index is -0.160. The Labute approximate surface area is 181 Å². The highest BCUT2D eigenvalue weighted by Crippen LogP contribution is 2.05. The SMILES string of the molecule is CN=C(NCCc1cccc(C(=O)NC)c1)NCC(=O)NCc1ccco1.I. The maximum Gasteiger partial charge on any atom is 0.251 e. The molecule has 0 spiro atoms. The van der Waals surface area contributed by atoms with Crippen LogP contribution in [0.3, 0.4) is 0 Å². The Morgan fingerprint density at radius 3 is 2.61 bits per heavy atom. The maximum atomic E-state index is 11.8. The Morgan fingerprint density at radius 1 is 1.11 bits per heavy atom. The molecule has 1 heterocycles. The van der Waals surface area contributed by atoms with Gasteiger partial charge in [-0.3, -0.25) is 14.6 Å². The minimum absolute atomic E-state index is 0.